The van der Waals surface area contributed by atoms with Crippen LogP contribution < -0.4 is 9.47 Å². The standard InChI is InChI=1S/C20H28N2O5/c1-20(2,3)27-19(24)22-8-7-14(13-22)12-21(4)18(23)15-5-6-16-17(11-15)26-10-9-25-16/h5-6,11,14H,7-10,12-13H2,1-4H3/t14-/m1/s1. The molecule has 0 radical (unpaired) electrons. The van der Waals surface area contributed by atoms with E-state index in [2.05, 4.69) is 0 Å². The molecule has 2 amide bonds. The largest absolute Gasteiger partial charge is 0.486 e. The molecule has 0 N–H and O–H groups in total. The summed E-state index contributed by atoms with van der Waals surface area (Å²) >= 11 is 0. The molecule has 2 aliphatic rings. The van der Waals surface area contributed by atoms with Gasteiger partial charge in [-0.3, -0.25) is 4.79 Å². The van der Waals surface area contributed by atoms with Gasteiger partial charge in [-0.05, 0) is 51.3 Å². The molecule has 7 heteroatoms. The summed E-state index contributed by atoms with van der Waals surface area (Å²) in [6.07, 6.45) is 0.573. The number of fused-ring (bicyclic) bond motifs is 1. The fourth-order valence-corrected chi connectivity index (χ4v) is 3.34. The van der Waals surface area contributed by atoms with E-state index >= 15 is 0 Å². The first kappa shape index (κ1) is 19.3. The Balaban J connectivity index is 1.55. The number of rotatable bonds is 3. The predicted octanol–water partition coefficient (Wildman–Crippen LogP) is 2.79. The molecule has 0 aromatic heterocycles. The minimum Gasteiger partial charge on any atom is -0.486 e. The molecule has 2 aliphatic heterocycles. The highest BCUT2D eigenvalue weighted by Gasteiger charge is 2.31. The second-order valence-corrected chi connectivity index (χ2v) is 8.13. The number of amides is 2. The number of hydrogen-bond acceptors (Lipinski definition) is 5. The van der Waals surface area contributed by atoms with Crippen molar-refractivity contribution in [2.24, 2.45) is 5.92 Å². The molecule has 0 aliphatic carbocycles. The first-order valence-electron chi connectivity index (χ1n) is 9.36. The lowest BCUT2D eigenvalue weighted by atomic mass is 10.1. The zero-order chi connectivity index (χ0) is 19.6. The Morgan fingerprint density at radius 3 is 2.63 bits per heavy atom. The van der Waals surface area contributed by atoms with Gasteiger partial charge in [0.25, 0.3) is 5.91 Å². The van der Waals surface area contributed by atoms with E-state index in [1.807, 2.05) is 20.8 Å². The maximum atomic E-state index is 12.7. The van der Waals surface area contributed by atoms with Gasteiger partial charge in [-0.15, -0.1) is 0 Å². The lowest BCUT2D eigenvalue weighted by Crippen LogP contribution is -2.37. The van der Waals surface area contributed by atoms with E-state index in [0.717, 1.165) is 6.42 Å². The van der Waals surface area contributed by atoms with Crippen LogP contribution in [-0.2, 0) is 4.74 Å². The van der Waals surface area contributed by atoms with Gasteiger partial charge in [0, 0.05) is 32.2 Å². The van der Waals surface area contributed by atoms with Crippen molar-refractivity contribution in [3.63, 3.8) is 0 Å². The Bertz CT molecular complexity index is 713. The molecule has 0 unspecified atom stereocenters. The lowest BCUT2D eigenvalue weighted by Gasteiger charge is -2.25. The van der Waals surface area contributed by atoms with Crippen LogP contribution in [0.5, 0.6) is 11.5 Å². The summed E-state index contributed by atoms with van der Waals surface area (Å²) in [5.41, 5.74) is 0.0731. The van der Waals surface area contributed by atoms with E-state index in [1.54, 1.807) is 35.0 Å². The second-order valence-electron chi connectivity index (χ2n) is 8.13. The second kappa shape index (κ2) is 7.66. The topological polar surface area (TPSA) is 68.3 Å². The Labute approximate surface area is 160 Å². The predicted molar refractivity (Wildman–Crippen MR) is 100 cm³/mol. The third-order valence-corrected chi connectivity index (χ3v) is 4.61. The highest BCUT2D eigenvalue weighted by Crippen LogP contribution is 2.31. The molecule has 1 aromatic rings. The number of hydrogen-bond donors (Lipinski definition) is 0. The number of ether oxygens (including phenoxy) is 3. The van der Waals surface area contributed by atoms with Crippen LogP contribution in [0.15, 0.2) is 18.2 Å². The van der Waals surface area contributed by atoms with Crippen molar-refractivity contribution in [3.05, 3.63) is 23.8 Å². The van der Waals surface area contributed by atoms with Crippen molar-refractivity contribution in [1.82, 2.24) is 9.80 Å². The van der Waals surface area contributed by atoms with Crippen molar-refractivity contribution in [2.45, 2.75) is 32.8 Å². The summed E-state index contributed by atoms with van der Waals surface area (Å²) in [5, 5.41) is 0. The summed E-state index contributed by atoms with van der Waals surface area (Å²) in [5.74, 6) is 1.45. The van der Waals surface area contributed by atoms with Gasteiger partial charge in [0.05, 0.1) is 0 Å². The SMILES string of the molecule is CN(C[C@H]1CCN(C(=O)OC(C)(C)C)C1)C(=O)c1ccc2c(c1)OCCO2. The zero-order valence-electron chi connectivity index (χ0n) is 16.5. The molecule has 0 bridgehead atoms. The number of nitrogens with zero attached hydrogens (tertiary/aromatic N) is 2. The van der Waals surface area contributed by atoms with Crippen LogP contribution in [0, 0.1) is 5.92 Å². The van der Waals surface area contributed by atoms with Crippen LogP contribution >= 0.6 is 0 Å². The molecule has 2 heterocycles. The first-order valence-corrected chi connectivity index (χ1v) is 9.36. The maximum Gasteiger partial charge on any atom is 0.410 e. The van der Waals surface area contributed by atoms with E-state index in [9.17, 15) is 9.59 Å². The van der Waals surface area contributed by atoms with Crippen LogP contribution in [0.2, 0.25) is 0 Å². The molecule has 1 aromatic carbocycles. The quantitative estimate of drug-likeness (QED) is 0.811. The average molecular weight is 376 g/mol. The Morgan fingerprint density at radius 2 is 1.93 bits per heavy atom. The highest BCUT2D eigenvalue weighted by atomic mass is 16.6. The van der Waals surface area contributed by atoms with Crippen LogP contribution in [0.1, 0.15) is 37.6 Å². The van der Waals surface area contributed by atoms with Gasteiger partial charge < -0.3 is 24.0 Å². The Morgan fingerprint density at radius 1 is 1.22 bits per heavy atom. The molecule has 0 saturated carbocycles. The summed E-state index contributed by atoms with van der Waals surface area (Å²) < 4.78 is 16.5. The Kier molecular flexibility index (Phi) is 5.48. The third-order valence-electron chi connectivity index (χ3n) is 4.61. The number of benzene rings is 1. The van der Waals surface area contributed by atoms with Crippen molar-refractivity contribution < 1.29 is 23.8 Å². The van der Waals surface area contributed by atoms with Gasteiger partial charge in [-0.25, -0.2) is 4.79 Å². The normalized spacial score (nSPS) is 19.0. The van der Waals surface area contributed by atoms with E-state index < -0.39 is 5.60 Å². The molecular formula is C20H28N2O5. The molecule has 27 heavy (non-hydrogen) atoms. The minimum absolute atomic E-state index is 0.0670. The van der Waals surface area contributed by atoms with E-state index in [1.165, 1.54) is 0 Å². The highest BCUT2D eigenvalue weighted by molar-refractivity contribution is 5.94. The van der Waals surface area contributed by atoms with Gasteiger partial charge in [0.15, 0.2) is 11.5 Å². The van der Waals surface area contributed by atoms with Gasteiger partial charge in [-0.1, -0.05) is 0 Å². The van der Waals surface area contributed by atoms with Crippen molar-refractivity contribution in [3.8, 4) is 11.5 Å². The van der Waals surface area contributed by atoms with Crippen LogP contribution in [-0.4, -0.2) is 67.3 Å². The van der Waals surface area contributed by atoms with Crippen molar-refractivity contribution in [2.75, 3.05) is 39.9 Å². The molecule has 0 spiro atoms. The van der Waals surface area contributed by atoms with Gasteiger partial charge >= 0.3 is 6.09 Å². The van der Waals surface area contributed by atoms with Crippen LogP contribution in [0.25, 0.3) is 0 Å². The molecule has 1 atom stereocenters. The number of carbonyl (C=O) groups excluding carboxylic acids is 2. The third kappa shape index (κ3) is 4.84. The van der Waals surface area contributed by atoms with Gasteiger partial charge in [0.1, 0.15) is 18.8 Å². The number of likely N-dealkylation sites (tertiary alicyclic amines) is 1. The lowest BCUT2D eigenvalue weighted by molar-refractivity contribution is 0.0286. The first-order chi connectivity index (χ1) is 12.7. The van der Waals surface area contributed by atoms with E-state index in [4.69, 9.17) is 14.2 Å². The average Bonchev–Trinajstić information content (AvgIpc) is 3.08. The summed E-state index contributed by atoms with van der Waals surface area (Å²) in [6.45, 7) is 8.44. The smallest absolute Gasteiger partial charge is 0.410 e. The van der Waals surface area contributed by atoms with Crippen molar-refractivity contribution >= 4 is 12.0 Å². The molecule has 3 rings (SSSR count). The molecular weight excluding hydrogens is 348 g/mol. The Hall–Kier alpha value is -2.44. The van der Waals surface area contributed by atoms with Gasteiger partial charge in [0.2, 0.25) is 0 Å². The van der Waals surface area contributed by atoms with Crippen LogP contribution in [0.3, 0.4) is 0 Å². The van der Waals surface area contributed by atoms with E-state index in [-0.39, 0.29) is 17.9 Å². The molecule has 1 fully saturated rings. The zero-order valence-corrected chi connectivity index (χ0v) is 16.5. The van der Waals surface area contributed by atoms with Crippen molar-refractivity contribution in [1.29, 1.82) is 0 Å². The maximum absolute atomic E-state index is 12.7. The fraction of sp³-hybridized carbons (Fsp3) is 0.600. The van der Waals surface area contributed by atoms with Gasteiger partial charge in [-0.2, -0.15) is 0 Å². The van der Waals surface area contributed by atoms with Crippen LogP contribution in [0.4, 0.5) is 4.79 Å². The fourth-order valence-electron chi connectivity index (χ4n) is 3.34. The van der Waals surface area contributed by atoms with E-state index in [0.29, 0.717) is 49.9 Å². The molecule has 148 valence electrons. The minimum atomic E-state index is -0.500. The number of carbonyl (C=O) groups is 2. The summed E-state index contributed by atoms with van der Waals surface area (Å²) in [7, 11) is 1.79. The monoisotopic (exact) mass is 376 g/mol. The molecule has 7 nitrogen and oxygen atoms in total. The summed E-state index contributed by atoms with van der Waals surface area (Å²) in [4.78, 5) is 28.4. The molecule has 1 saturated heterocycles. The summed E-state index contributed by atoms with van der Waals surface area (Å²) in [6, 6.07) is 5.26.